The van der Waals surface area contributed by atoms with Gasteiger partial charge in [-0.25, -0.2) is 4.98 Å². The minimum Gasteiger partial charge on any atom is -0.369 e. The predicted octanol–water partition coefficient (Wildman–Crippen LogP) is 5.87. The van der Waals surface area contributed by atoms with Gasteiger partial charge in [0.15, 0.2) is 0 Å². The zero-order valence-electron chi connectivity index (χ0n) is 15.5. The van der Waals surface area contributed by atoms with Crippen molar-refractivity contribution >= 4 is 52.4 Å². The van der Waals surface area contributed by atoms with Gasteiger partial charge in [-0.3, -0.25) is 4.99 Å². The van der Waals surface area contributed by atoms with E-state index in [4.69, 9.17) is 34.8 Å². The number of alkyl halides is 2. The van der Waals surface area contributed by atoms with Crippen LogP contribution in [0.5, 0.6) is 0 Å². The molecular weight excluding hydrogens is 415 g/mol. The number of imidazole rings is 1. The van der Waals surface area contributed by atoms with Crippen molar-refractivity contribution in [1.82, 2.24) is 9.55 Å². The van der Waals surface area contributed by atoms with Crippen molar-refractivity contribution < 1.29 is 0 Å². The normalized spacial score (nSPS) is 11.3. The van der Waals surface area contributed by atoms with Gasteiger partial charge >= 0.3 is 0 Å². The molecule has 4 nitrogen and oxygen atoms in total. The van der Waals surface area contributed by atoms with Gasteiger partial charge in [-0.05, 0) is 48.4 Å². The molecule has 0 N–H and O–H groups in total. The quantitative estimate of drug-likeness (QED) is 0.327. The maximum Gasteiger partial charge on any atom is 0.0992 e. The number of hydrogen-bond donors (Lipinski definition) is 0. The maximum atomic E-state index is 6.18. The molecule has 0 radical (unpaired) electrons. The molecule has 0 amide bonds. The molecule has 2 aromatic carbocycles. The van der Waals surface area contributed by atoms with Gasteiger partial charge in [0, 0.05) is 54.2 Å². The third kappa shape index (κ3) is 5.07. The SMILES string of the molecule is Cc1cc(N(CCCl)CCCl)ccc1C=Nc1cc(Cl)ccc1-n1ccnc1. The molecule has 3 aromatic rings. The maximum absolute atomic E-state index is 6.18. The summed E-state index contributed by atoms with van der Waals surface area (Å²) in [4.78, 5) is 11.0. The zero-order chi connectivity index (χ0) is 19.9. The smallest absolute Gasteiger partial charge is 0.0992 e. The van der Waals surface area contributed by atoms with Gasteiger partial charge in [-0.1, -0.05) is 17.7 Å². The summed E-state index contributed by atoms with van der Waals surface area (Å²) in [6.07, 6.45) is 7.21. The van der Waals surface area contributed by atoms with Crippen LogP contribution in [0.25, 0.3) is 5.69 Å². The van der Waals surface area contributed by atoms with Gasteiger partial charge in [-0.15, -0.1) is 23.2 Å². The van der Waals surface area contributed by atoms with Crippen LogP contribution < -0.4 is 4.90 Å². The monoisotopic (exact) mass is 434 g/mol. The molecular formula is C21H21Cl3N4. The van der Waals surface area contributed by atoms with Gasteiger partial charge in [0.1, 0.15) is 0 Å². The van der Waals surface area contributed by atoms with E-state index in [-0.39, 0.29) is 0 Å². The lowest BCUT2D eigenvalue weighted by Gasteiger charge is -2.23. The third-order valence-corrected chi connectivity index (χ3v) is 4.96. The van der Waals surface area contributed by atoms with Gasteiger partial charge in [-0.2, -0.15) is 0 Å². The van der Waals surface area contributed by atoms with Gasteiger partial charge in [0.05, 0.1) is 17.7 Å². The second-order valence-corrected chi connectivity index (χ2v) is 7.46. The molecule has 146 valence electrons. The fourth-order valence-electron chi connectivity index (χ4n) is 2.93. The Kier molecular flexibility index (Phi) is 7.37. The Morgan fingerprint density at radius 3 is 2.54 bits per heavy atom. The number of anilines is 1. The first-order valence-corrected chi connectivity index (χ1v) is 10.4. The molecule has 3 rings (SSSR count). The standard InChI is InChI=1S/C21H21Cl3N4/c1-16-12-19(27(9-6-22)10-7-23)4-2-17(16)14-26-20-13-18(24)3-5-21(20)28-11-8-25-15-28/h2-5,8,11-15H,6-7,9-10H2,1H3. The molecule has 0 spiro atoms. The molecule has 0 aliphatic heterocycles. The lowest BCUT2D eigenvalue weighted by molar-refractivity contribution is 0.873. The molecule has 1 aromatic heterocycles. The molecule has 0 bridgehead atoms. The Morgan fingerprint density at radius 2 is 1.89 bits per heavy atom. The summed E-state index contributed by atoms with van der Waals surface area (Å²) in [5.74, 6) is 1.12. The van der Waals surface area contributed by atoms with E-state index in [0.29, 0.717) is 16.8 Å². The molecule has 0 saturated heterocycles. The average molecular weight is 436 g/mol. The Hall–Kier alpha value is -2.01. The van der Waals surface area contributed by atoms with E-state index in [9.17, 15) is 0 Å². The number of rotatable bonds is 8. The van der Waals surface area contributed by atoms with Crippen molar-refractivity contribution in [2.75, 3.05) is 29.7 Å². The molecule has 0 atom stereocenters. The predicted molar refractivity (Wildman–Crippen MR) is 121 cm³/mol. The Balaban J connectivity index is 1.88. The molecule has 0 aliphatic rings. The van der Waals surface area contributed by atoms with Crippen molar-refractivity contribution in [2.45, 2.75) is 6.92 Å². The van der Waals surface area contributed by atoms with Crippen LogP contribution in [0, 0.1) is 6.92 Å². The number of nitrogens with zero attached hydrogens (tertiary/aromatic N) is 4. The Labute approximate surface area is 180 Å². The molecule has 0 unspecified atom stereocenters. The second-order valence-electron chi connectivity index (χ2n) is 6.27. The van der Waals surface area contributed by atoms with Gasteiger partial charge < -0.3 is 9.47 Å². The first kappa shape index (κ1) is 20.7. The van der Waals surface area contributed by atoms with Gasteiger partial charge in [0.2, 0.25) is 0 Å². The molecule has 0 saturated carbocycles. The van der Waals surface area contributed by atoms with Crippen LogP contribution in [0.4, 0.5) is 11.4 Å². The van der Waals surface area contributed by atoms with E-state index in [0.717, 1.165) is 41.3 Å². The molecule has 1 heterocycles. The highest BCUT2D eigenvalue weighted by molar-refractivity contribution is 6.31. The minimum atomic E-state index is 0.560. The summed E-state index contributed by atoms with van der Waals surface area (Å²) in [5, 5.41) is 0.640. The Bertz CT molecular complexity index is 933. The van der Waals surface area contributed by atoms with E-state index < -0.39 is 0 Å². The van der Waals surface area contributed by atoms with E-state index in [2.05, 4.69) is 40.0 Å². The molecule has 7 heteroatoms. The fourth-order valence-corrected chi connectivity index (χ4v) is 3.51. The highest BCUT2D eigenvalue weighted by Crippen LogP contribution is 2.27. The van der Waals surface area contributed by atoms with Crippen LogP contribution >= 0.6 is 34.8 Å². The van der Waals surface area contributed by atoms with Crippen LogP contribution in [0.2, 0.25) is 5.02 Å². The van der Waals surface area contributed by atoms with Crippen LogP contribution in [0.15, 0.2) is 60.1 Å². The zero-order valence-corrected chi connectivity index (χ0v) is 17.8. The topological polar surface area (TPSA) is 33.4 Å². The second kappa shape index (κ2) is 9.97. The van der Waals surface area contributed by atoms with Crippen molar-refractivity contribution in [2.24, 2.45) is 4.99 Å². The number of aliphatic imine (C=N–C) groups is 1. The van der Waals surface area contributed by atoms with Crippen molar-refractivity contribution in [3.63, 3.8) is 0 Å². The van der Waals surface area contributed by atoms with Gasteiger partial charge in [0.25, 0.3) is 0 Å². The summed E-state index contributed by atoms with van der Waals surface area (Å²) < 4.78 is 1.91. The van der Waals surface area contributed by atoms with E-state index in [1.807, 2.05) is 35.2 Å². The number of hydrogen-bond acceptors (Lipinski definition) is 3. The van der Waals surface area contributed by atoms with Crippen LogP contribution in [-0.4, -0.2) is 40.6 Å². The lowest BCUT2D eigenvalue weighted by Crippen LogP contribution is -2.27. The summed E-state index contributed by atoms with van der Waals surface area (Å²) >= 11 is 18.0. The molecule has 0 fully saturated rings. The summed E-state index contributed by atoms with van der Waals surface area (Å²) in [7, 11) is 0. The minimum absolute atomic E-state index is 0.560. The van der Waals surface area contributed by atoms with Crippen LogP contribution in [-0.2, 0) is 0 Å². The number of benzene rings is 2. The average Bonchev–Trinajstić information content (AvgIpc) is 3.21. The third-order valence-electron chi connectivity index (χ3n) is 4.39. The molecule has 0 aliphatic carbocycles. The van der Waals surface area contributed by atoms with Crippen molar-refractivity contribution in [3.8, 4) is 5.69 Å². The van der Waals surface area contributed by atoms with Crippen molar-refractivity contribution in [1.29, 1.82) is 0 Å². The lowest BCUT2D eigenvalue weighted by atomic mass is 10.1. The highest BCUT2D eigenvalue weighted by atomic mass is 35.5. The van der Waals surface area contributed by atoms with E-state index in [1.54, 1.807) is 12.5 Å². The van der Waals surface area contributed by atoms with E-state index in [1.165, 1.54) is 0 Å². The Morgan fingerprint density at radius 1 is 1.11 bits per heavy atom. The van der Waals surface area contributed by atoms with Crippen LogP contribution in [0.3, 0.4) is 0 Å². The number of aryl methyl sites for hydroxylation is 1. The van der Waals surface area contributed by atoms with E-state index >= 15 is 0 Å². The summed E-state index contributed by atoms with van der Waals surface area (Å²) in [6.45, 7) is 3.59. The summed E-state index contributed by atoms with van der Waals surface area (Å²) in [6, 6.07) is 11.9. The molecule has 28 heavy (non-hydrogen) atoms. The number of aromatic nitrogens is 2. The highest BCUT2D eigenvalue weighted by Gasteiger charge is 2.08. The van der Waals surface area contributed by atoms with Crippen molar-refractivity contribution in [3.05, 3.63) is 71.3 Å². The fraction of sp³-hybridized carbons (Fsp3) is 0.238. The first-order chi connectivity index (χ1) is 13.6. The first-order valence-electron chi connectivity index (χ1n) is 8.92. The largest absolute Gasteiger partial charge is 0.369 e. The number of halogens is 3. The summed E-state index contributed by atoms with van der Waals surface area (Å²) in [5.41, 5.74) is 4.97. The van der Waals surface area contributed by atoms with Crippen LogP contribution in [0.1, 0.15) is 11.1 Å².